The van der Waals surface area contributed by atoms with Gasteiger partial charge in [0.05, 0.1) is 19.3 Å². The molecule has 130 valence electrons. The molecule has 24 heavy (non-hydrogen) atoms. The molecule has 2 atom stereocenters. The number of aliphatic hydroxyl groups excluding tert-OH is 1. The summed E-state index contributed by atoms with van der Waals surface area (Å²) < 4.78 is 9.64. The van der Waals surface area contributed by atoms with Crippen molar-refractivity contribution in [1.82, 2.24) is 0 Å². The average molecular weight is 332 g/mol. The Kier molecular flexibility index (Phi) is 9.16. The second-order valence-electron chi connectivity index (χ2n) is 5.07. The Labute approximate surface area is 142 Å². The molecule has 0 aromatic heterocycles. The van der Waals surface area contributed by atoms with E-state index in [0.29, 0.717) is 6.42 Å². The van der Waals surface area contributed by atoms with Crippen LogP contribution in [0.5, 0.6) is 0 Å². The number of carbonyl (C=O) groups excluding carboxylic acids is 2. The van der Waals surface area contributed by atoms with E-state index in [9.17, 15) is 14.7 Å². The minimum atomic E-state index is -0.930. The lowest BCUT2D eigenvalue weighted by Crippen LogP contribution is -2.19. The van der Waals surface area contributed by atoms with Gasteiger partial charge in [0.15, 0.2) is 0 Å². The van der Waals surface area contributed by atoms with Gasteiger partial charge in [-0.05, 0) is 31.9 Å². The van der Waals surface area contributed by atoms with E-state index in [4.69, 9.17) is 9.47 Å². The van der Waals surface area contributed by atoms with E-state index in [0.717, 1.165) is 5.56 Å². The van der Waals surface area contributed by atoms with Gasteiger partial charge in [-0.3, -0.25) is 0 Å². The molecule has 0 spiro atoms. The van der Waals surface area contributed by atoms with Crippen molar-refractivity contribution in [3.8, 4) is 0 Å². The summed E-state index contributed by atoms with van der Waals surface area (Å²) in [7, 11) is 0. The number of ether oxygens (including phenoxy) is 2. The molecular formula is C19H24O5. The minimum Gasteiger partial charge on any atom is -0.463 e. The minimum absolute atomic E-state index is 0.273. The van der Waals surface area contributed by atoms with Crippen LogP contribution in [0.4, 0.5) is 0 Å². The van der Waals surface area contributed by atoms with Crippen LogP contribution in [0.2, 0.25) is 0 Å². The van der Waals surface area contributed by atoms with Crippen LogP contribution in [-0.4, -0.2) is 36.4 Å². The van der Waals surface area contributed by atoms with Gasteiger partial charge in [0.25, 0.3) is 0 Å². The van der Waals surface area contributed by atoms with Crippen LogP contribution in [0.15, 0.2) is 54.6 Å². The lowest BCUT2D eigenvalue weighted by Gasteiger charge is -2.17. The van der Waals surface area contributed by atoms with E-state index in [2.05, 4.69) is 0 Å². The van der Waals surface area contributed by atoms with Crippen molar-refractivity contribution in [2.45, 2.75) is 26.4 Å². The maximum absolute atomic E-state index is 11.5. The smallest absolute Gasteiger partial charge is 0.330 e. The highest BCUT2D eigenvalue weighted by Gasteiger charge is 2.16. The molecular weight excluding hydrogens is 308 g/mol. The zero-order valence-corrected chi connectivity index (χ0v) is 14.1. The van der Waals surface area contributed by atoms with Crippen molar-refractivity contribution in [3.05, 3.63) is 60.2 Å². The third kappa shape index (κ3) is 7.74. The average Bonchev–Trinajstić information content (AvgIpc) is 2.58. The zero-order valence-electron chi connectivity index (χ0n) is 14.1. The van der Waals surface area contributed by atoms with Gasteiger partial charge in [-0.1, -0.05) is 36.4 Å². The normalized spacial score (nSPS) is 13.8. The van der Waals surface area contributed by atoms with Crippen molar-refractivity contribution in [2.75, 3.05) is 13.2 Å². The first-order valence-corrected chi connectivity index (χ1v) is 7.98. The first-order chi connectivity index (χ1) is 11.6. The molecule has 0 amide bonds. The lowest BCUT2D eigenvalue weighted by molar-refractivity contribution is -0.138. The Hall–Kier alpha value is -2.40. The lowest BCUT2D eigenvalue weighted by atomic mass is 9.93. The molecule has 1 aromatic carbocycles. The molecule has 0 unspecified atom stereocenters. The number of benzene rings is 1. The molecule has 0 radical (unpaired) electrons. The van der Waals surface area contributed by atoms with Crippen LogP contribution < -0.4 is 0 Å². The fourth-order valence-electron chi connectivity index (χ4n) is 2.09. The molecule has 5 nitrogen and oxygen atoms in total. The van der Waals surface area contributed by atoms with E-state index >= 15 is 0 Å². The molecule has 1 N–H and O–H groups in total. The Balaban J connectivity index is 2.82. The Morgan fingerprint density at radius 2 is 1.54 bits per heavy atom. The first-order valence-electron chi connectivity index (χ1n) is 7.98. The summed E-state index contributed by atoms with van der Waals surface area (Å²) in [6.45, 7) is 4.00. The number of aliphatic hydroxyl groups is 1. The number of esters is 2. The molecule has 0 aliphatic rings. The summed E-state index contributed by atoms with van der Waals surface area (Å²) in [6.07, 6.45) is 5.07. The van der Waals surface area contributed by atoms with Gasteiger partial charge >= 0.3 is 11.9 Å². The van der Waals surface area contributed by atoms with Crippen LogP contribution in [0.3, 0.4) is 0 Å². The summed E-state index contributed by atoms with van der Waals surface area (Å²) in [4.78, 5) is 22.9. The van der Waals surface area contributed by atoms with E-state index in [1.165, 1.54) is 18.2 Å². The van der Waals surface area contributed by atoms with Crippen LogP contribution in [-0.2, 0) is 25.5 Å². The summed E-state index contributed by atoms with van der Waals surface area (Å²) in [5.41, 5.74) is 1.01. The van der Waals surface area contributed by atoms with Crippen LogP contribution in [0, 0.1) is 5.92 Å². The Morgan fingerprint density at radius 1 is 1.00 bits per heavy atom. The van der Waals surface area contributed by atoms with E-state index in [1.54, 1.807) is 19.9 Å². The van der Waals surface area contributed by atoms with E-state index in [-0.39, 0.29) is 19.1 Å². The van der Waals surface area contributed by atoms with Gasteiger partial charge in [0.1, 0.15) is 0 Å². The molecule has 0 fully saturated rings. The maximum atomic E-state index is 11.5. The van der Waals surface area contributed by atoms with Crippen molar-refractivity contribution in [2.24, 2.45) is 5.92 Å². The molecule has 1 rings (SSSR count). The highest BCUT2D eigenvalue weighted by atomic mass is 16.5. The van der Waals surface area contributed by atoms with Crippen molar-refractivity contribution in [3.63, 3.8) is 0 Å². The molecule has 0 bridgehead atoms. The standard InChI is InChI=1S/C19H24O5/c1-3-23-18(21)12-10-16(14-15-8-6-5-7-9-15)17(20)11-13-19(22)24-4-2/h5-13,16-17,20H,3-4,14H2,1-2H3/b12-10+,13-11+/t16-,17-/m0/s1. The van der Waals surface area contributed by atoms with Crippen LogP contribution in [0.25, 0.3) is 0 Å². The SMILES string of the molecule is CCOC(=O)/C=C/[C@H](O)[C@@H](/C=C/C(=O)OCC)Cc1ccccc1. The second kappa shape index (κ2) is 11.2. The topological polar surface area (TPSA) is 72.8 Å². The van der Waals surface area contributed by atoms with Gasteiger partial charge in [-0.2, -0.15) is 0 Å². The number of hydrogen-bond acceptors (Lipinski definition) is 5. The fraction of sp³-hybridized carbons (Fsp3) is 0.368. The summed E-state index contributed by atoms with van der Waals surface area (Å²) in [5.74, 6) is -1.34. The molecule has 0 saturated heterocycles. The van der Waals surface area contributed by atoms with E-state index < -0.39 is 18.0 Å². The fourth-order valence-corrected chi connectivity index (χ4v) is 2.09. The predicted molar refractivity (Wildman–Crippen MR) is 91.2 cm³/mol. The molecule has 0 saturated carbocycles. The van der Waals surface area contributed by atoms with Crippen molar-refractivity contribution in [1.29, 1.82) is 0 Å². The number of hydrogen-bond donors (Lipinski definition) is 1. The summed E-state index contributed by atoms with van der Waals surface area (Å²) in [5, 5.41) is 10.3. The quantitative estimate of drug-likeness (QED) is 0.555. The van der Waals surface area contributed by atoms with Gasteiger partial charge in [0.2, 0.25) is 0 Å². The Bertz CT molecular complexity index is 562. The largest absolute Gasteiger partial charge is 0.463 e. The Morgan fingerprint density at radius 3 is 2.08 bits per heavy atom. The monoisotopic (exact) mass is 332 g/mol. The van der Waals surface area contributed by atoms with Crippen LogP contribution in [0.1, 0.15) is 19.4 Å². The first kappa shape index (κ1) is 19.6. The van der Waals surface area contributed by atoms with Crippen molar-refractivity contribution < 1.29 is 24.2 Å². The number of rotatable bonds is 9. The van der Waals surface area contributed by atoms with E-state index in [1.807, 2.05) is 30.3 Å². The van der Waals surface area contributed by atoms with Gasteiger partial charge in [-0.15, -0.1) is 0 Å². The van der Waals surface area contributed by atoms with Crippen molar-refractivity contribution >= 4 is 11.9 Å². The summed E-state index contributed by atoms with van der Waals surface area (Å²) >= 11 is 0. The van der Waals surface area contributed by atoms with Gasteiger partial charge < -0.3 is 14.6 Å². The van der Waals surface area contributed by atoms with Gasteiger partial charge in [-0.25, -0.2) is 9.59 Å². The van der Waals surface area contributed by atoms with Crippen LogP contribution >= 0.6 is 0 Å². The third-order valence-electron chi connectivity index (χ3n) is 3.24. The second-order valence-corrected chi connectivity index (χ2v) is 5.07. The van der Waals surface area contributed by atoms with Gasteiger partial charge in [0, 0.05) is 18.1 Å². The highest BCUT2D eigenvalue weighted by molar-refractivity contribution is 5.82. The number of carbonyl (C=O) groups is 2. The molecule has 0 heterocycles. The molecule has 5 heteroatoms. The third-order valence-corrected chi connectivity index (χ3v) is 3.24. The highest BCUT2D eigenvalue weighted by Crippen LogP contribution is 2.16. The predicted octanol–water partition coefficient (Wildman–Crippen LogP) is 2.44. The molecule has 0 aliphatic carbocycles. The maximum Gasteiger partial charge on any atom is 0.330 e. The zero-order chi connectivity index (χ0) is 17.8. The molecule has 0 aliphatic heterocycles. The molecule has 1 aromatic rings. The summed E-state index contributed by atoms with van der Waals surface area (Å²) in [6, 6.07) is 9.59.